The maximum atomic E-state index is 11.8. The summed E-state index contributed by atoms with van der Waals surface area (Å²) in [5.74, 6) is -0.195. The number of quaternary nitrogens is 1. The molecule has 5 nitrogen and oxygen atoms in total. The number of hydrogen-bond acceptors (Lipinski definition) is 4. The smallest absolute Gasteiger partial charge is 0.343 e. The molecule has 1 atom stereocenters. The zero-order valence-corrected chi connectivity index (χ0v) is 11.3. The van der Waals surface area contributed by atoms with E-state index >= 15 is 0 Å². The maximum Gasteiger partial charge on any atom is 0.343 e. The Morgan fingerprint density at radius 2 is 1.89 bits per heavy atom. The Morgan fingerprint density at radius 3 is 2.53 bits per heavy atom. The van der Waals surface area contributed by atoms with Crippen molar-refractivity contribution in [3.8, 4) is 5.75 Å². The first-order chi connectivity index (χ1) is 9.06. The van der Waals surface area contributed by atoms with Gasteiger partial charge in [-0.25, -0.2) is 10.0 Å². The fraction of sp³-hybridized carbons (Fsp3) is 0. The van der Waals surface area contributed by atoms with Gasteiger partial charge in [-0.1, -0.05) is 22.0 Å². The van der Waals surface area contributed by atoms with Gasteiger partial charge < -0.3 is 9.94 Å². The second kappa shape index (κ2) is 5.94. The van der Waals surface area contributed by atoms with Gasteiger partial charge in [0.05, 0.1) is 5.56 Å². The molecule has 2 rings (SSSR count). The first kappa shape index (κ1) is 13.7. The molecule has 19 heavy (non-hydrogen) atoms. The van der Waals surface area contributed by atoms with Crippen LogP contribution in [0.15, 0.2) is 53.0 Å². The van der Waals surface area contributed by atoms with Crippen molar-refractivity contribution < 1.29 is 20.0 Å². The predicted octanol–water partition coefficient (Wildman–Crippen LogP) is 2.07. The molecule has 0 aliphatic heterocycles. The molecule has 0 aliphatic rings. The maximum absolute atomic E-state index is 11.8. The van der Waals surface area contributed by atoms with E-state index in [2.05, 4.69) is 15.9 Å². The van der Waals surface area contributed by atoms with Crippen LogP contribution in [-0.4, -0.2) is 11.2 Å². The van der Waals surface area contributed by atoms with E-state index in [0.717, 1.165) is 4.47 Å². The molecule has 0 aromatic heterocycles. The Balaban J connectivity index is 2.15. The molecule has 2 aromatic carbocycles. The van der Waals surface area contributed by atoms with Crippen LogP contribution in [0.5, 0.6) is 5.75 Å². The number of benzene rings is 2. The Morgan fingerprint density at radius 1 is 1.21 bits per heavy atom. The topological polar surface area (TPSA) is 74.0 Å². The number of esters is 1. The van der Waals surface area contributed by atoms with Crippen molar-refractivity contribution in [2.45, 2.75) is 0 Å². The number of carbonyl (C=O) groups is 1. The molecule has 0 spiro atoms. The highest BCUT2D eigenvalue weighted by atomic mass is 79.9. The van der Waals surface area contributed by atoms with Gasteiger partial charge in [0.15, 0.2) is 5.69 Å². The van der Waals surface area contributed by atoms with Crippen LogP contribution < -0.4 is 9.96 Å². The van der Waals surface area contributed by atoms with Crippen LogP contribution in [0.1, 0.15) is 10.4 Å². The molecular formula is C13H10BrNO4. The van der Waals surface area contributed by atoms with Crippen molar-refractivity contribution in [3.05, 3.63) is 63.8 Å². The normalized spacial score (nSPS) is 11.9. The first-order valence-electron chi connectivity index (χ1n) is 5.37. The molecule has 98 valence electrons. The summed E-state index contributed by atoms with van der Waals surface area (Å²) in [4.78, 5) is 11.8. The van der Waals surface area contributed by atoms with Crippen molar-refractivity contribution >= 4 is 27.6 Å². The van der Waals surface area contributed by atoms with E-state index in [1.165, 1.54) is 24.3 Å². The number of ether oxygens (including phenoxy) is 1. The lowest BCUT2D eigenvalue weighted by Crippen LogP contribution is -2.99. The van der Waals surface area contributed by atoms with E-state index in [1.54, 1.807) is 24.3 Å². The molecule has 0 saturated carbocycles. The fourth-order valence-electron chi connectivity index (χ4n) is 1.45. The molecule has 0 amide bonds. The third-order valence-corrected chi connectivity index (χ3v) is 2.90. The van der Waals surface area contributed by atoms with Crippen LogP contribution in [0.4, 0.5) is 5.69 Å². The van der Waals surface area contributed by atoms with Gasteiger partial charge >= 0.3 is 5.97 Å². The largest absolute Gasteiger partial charge is 0.595 e. The van der Waals surface area contributed by atoms with E-state index in [9.17, 15) is 10.0 Å². The van der Waals surface area contributed by atoms with Gasteiger partial charge in [0.1, 0.15) is 5.75 Å². The molecule has 1 unspecified atom stereocenters. The second-order valence-electron chi connectivity index (χ2n) is 3.73. The fourth-order valence-corrected chi connectivity index (χ4v) is 1.71. The van der Waals surface area contributed by atoms with Gasteiger partial charge in [-0.3, -0.25) is 0 Å². The van der Waals surface area contributed by atoms with Gasteiger partial charge in [-0.2, -0.15) is 5.23 Å². The summed E-state index contributed by atoms with van der Waals surface area (Å²) in [6, 6.07) is 12.5. The predicted molar refractivity (Wildman–Crippen MR) is 71.3 cm³/mol. The van der Waals surface area contributed by atoms with Gasteiger partial charge in [-0.05, 0) is 30.3 Å². The van der Waals surface area contributed by atoms with Crippen molar-refractivity contribution in [1.82, 2.24) is 0 Å². The number of nitrogens with one attached hydrogen (secondary N) is 1. The number of halogens is 1. The summed E-state index contributed by atoms with van der Waals surface area (Å²) in [6.45, 7) is 0. The lowest BCUT2D eigenvalue weighted by atomic mass is 10.2. The standard InChI is InChI=1S/C13H10BrNO4/c14-10-4-6-12(7-5-10)19-13(16)9-2-1-3-11(8-9)15(17)18/h1-8,15,17H. The molecular weight excluding hydrogens is 314 g/mol. The molecule has 2 N–H and O–H groups in total. The van der Waals surface area contributed by atoms with Crippen LogP contribution >= 0.6 is 15.9 Å². The molecule has 6 heteroatoms. The Kier molecular flexibility index (Phi) is 4.28. The third-order valence-electron chi connectivity index (χ3n) is 2.37. The summed E-state index contributed by atoms with van der Waals surface area (Å²) < 4.78 is 6.01. The summed E-state index contributed by atoms with van der Waals surface area (Å²) >= 11 is 3.28. The zero-order valence-electron chi connectivity index (χ0n) is 9.67. The highest BCUT2D eigenvalue weighted by molar-refractivity contribution is 9.10. The average Bonchev–Trinajstić information content (AvgIpc) is 2.41. The first-order valence-corrected chi connectivity index (χ1v) is 6.16. The van der Waals surface area contributed by atoms with E-state index < -0.39 is 11.2 Å². The average molecular weight is 324 g/mol. The molecule has 0 saturated heterocycles. The monoisotopic (exact) mass is 323 g/mol. The van der Waals surface area contributed by atoms with Crippen molar-refractivity contribution in [1.29, 1.82) is 0 Å². The Bertz CT molecular complexity index is 583. The summed E-state index contributed by atoms with van der Waals surface area (Å²) in [6.07, 6.45) is 0. The molecule has 0 heterocycles. The molecule has 0 aliphatic carbocycles. The molecule has 2 aromatic rings. The minimum atomic E-state index is -1.08. The lowest BCUT2D eigenvalue weighted by molar-refractivity contribution is -0.991. The Hall–Kier alpha value is -1.73. The summed E-state index contributed by atoms with van der Waals surface area (Å²) in [5, 5.41) is 18.6. The number of hydrogen-bond donors (Lipinski definition) is 2. The van der Waals surface area contributed by atoms with Crippen molar-refractivity contribution in [3.63, 3.8) is 0 Å². The van der Waals surface area contributed by atoms with Gasteiger partial charge in [-0.15, -0.1) is 0 Å². The lowest BCUT2D eigenvalue weighted by Gasteiger charge is -2.12. The highest BCUT2D eigenvalue weighted by Gasteiger charge is 2.11. The van der Waals surface area contributed by atoms with E-state index in [-0.39, 0.29) is 11.3 Å². The zero-order chi connectivity index (χ0) is 13.8. The SMILES string of the molecule is O=C(Oc1ccc(Br)cc1)c1cccc([NH+]([O-])O)c1. The van der Waals surface area contributed by atoms with Crippen LogP contribution in [0, 0.1) is 5.21 Å². The van der Waals surface area contributed by atoms with E-state index in [4.69, 9.17) is 9.94 Å². The minimum absolute atomic E-state index is 0.0465. The van der Waals surface area contributed by atoms with E-state index in [0.29, 0.717) is 5.75 Å². The van der Waals surface area contributed by atoms with Gasteiger partial charge in [0.25, 0.3) is 0 Å². The Labute approximate surface area is 117 Å². The number of rotatable bonds is 3. The molecule has 0 radical (unpaired) electrons. The minimum Gasteiger partial charge on any atom is -0.595 e. The summed E-state index contributed by atoms with van der Waals surface area (Å²) in [5.41, 5.74) is 0.244. The van der Waals surface area contributed by atoms with Crippen LogP contribution in [0.3, 0.4) is 0 Å². The number of carbonyl (C=O) groups excluding carboxylic acids is 1. The third kappa shape index (κ3) is 3.62. The summed E-state index contributed by atoms with van der Waals surface area (Å²) in [7, 11) is 0. The van der Waals surface area contributed by atoms with Crippen molar-refractivity contribution in [2.24, 2.45) is 0 Å². The van der Waals surface area contributed by atoms with Gasteiger partial charge in [0, 0.05) is 16.6 Å². The van der Waals surface area contributed by atoms with Gasteiger partial charge in [0.2, 0.25) is 0 Å². The van der Waals surface area contributed by atoms with Crippen LogP contribution in [-0.2, 0) is 0 Å². The van der Waals surface area contributed by atoms with Crippen LogP contribution in [0.2, 0.25) is 0 Å². The van der Waals surface area contributed by atoms with Crippen LogP contribution in [0.25, 0.3) is 0 Å². The van der Waals surface area contributed by atoms with Crippen molar-refractivity contribution in [2.75, 3.05) is 0 Å². The highest BCUT2D eigenvalue weighted by Crippen LogP contribution is 2.17. The van der Waals surface area contributed by atoms with E-state index in [1.807, 2.05) is 0 Å². The molecule has 0 fully saturated rings. The second-order valence-corrected chi connectivity index (χ2v) is 4.65. The molecule has 0 bridgehead atoms. The quantitative estimate of drug-likeness (QED) is 0.515.